The van der Waals surface area contributed by atoms with Gasteiger partial charge in [0, 0.05) is 31.5 Å². The van der Waals surface area contributed by atoms with Gasteiger partial charge in [0.1, 0.15) is 6.54 Å². The molecule has 0 radical (unpaired) electrons. The highest BCUT2D eigenvalue weighted by Crippen LogP contribution is 2.10. The van der Waals surface area contributed by atoms with E-state index in [1.165, 1.54) is 4.68 Å². The van der Waals surface area contributed by atoms with Gasteiger partial charge in [0.2, 0.25) is 0 Å². The first-order chi connectivity index (χ1) is 8.24. The number of hydrogen-bond donors (Lipinski definition) is 1. The minimum absolute atomic E-state index is 0. The molecular weight excluding hydrogens is 264 g/mol. The van der Waals surface area contributed by atoms with Gasteiger partial charge in [0.25, 0.3) is 6.43 Å². The molecule has 1 unspecified atom stereocenters. The van der Waals surface area contributed by atoms with Crippen molar-refractivity contribution in [2.75, 3.05) is 13.2 Å². The first-order valence-corrected chi connectivity index (χ1v) is 5.86. The van der Waals surface area contributed by atoms with E-state index in [9.17, 15) is 8.78 Å². The van der Waals surface area contributed by atoms with Crippen molar-refractivity contribution in [1.29, 1.82) is 0 Å². The predicted octanol–water partition coefficient (Wildman–Crippen LogP) is 1.84. The van der Waals surface area contributed by atoms with Crippen molar-refractivity contribution < 1.29 is 13.5 Å². The molecule has 0 amide bonds. The third-order valence-corrected chi connectivity index (χ3v) is 2.74. The van der Waals surface area contributed by atoms with E-state index in [0.717, 1.165) is 31.6 Å². The molecule has 1 atom stereocenters. The molecule has 0 aliphatic carbocycles. The molecule has 0 bridgehead atoms. The molecule has 0 saturated carbocycles. The zero-order valence-electron chi connectivity index (χ0n) is 10.0. The van der Waals surface area contributed by atoms with Crippen LogP contribution in [-0.4, -0.2) is 35.5 Å². The van der Waals surface area contributed by atoms with Crippen LogP contribution in [0.1, 0.15) is 18.4 Å². The van der Waals surface area contributed by atoms with Gasteiger partial charge in [0.05, 0.1) is 12.3 Å². The zero-order valence-corrected chi connectivity index (χ0v) is 10.8. The Balaban J connectivity index is 0.00000162. The molecule has 0 spiro atoms. The van der Waals surface area contributed by atoms with Crippen LogP contribution in [0.4, 0.5) is 8.78 Å². The highest BCUT2D eigenvalue weighted by molar-refractivity contribution is 5.85. The minimum atomic E-state index is -2.36. The lowest BCUT2D eigenvalue weighted by Crippen LogP contribution is -2.25. The molecule has 4 nitrogen and oxygen atoms in total. The van der Waals surface area contributed by atoms with E-state index in [1.54, 1.807) is 12.4 Å². The second-order valence-electron chi connectivity index (χ2n) is 4.23. The van der Waals surface area contributed by atoms with Crippen LogP contribution in [0.25, 0.3) is 0 Å². The number of aromatic nitrogens is 2. The minimum Gasteiger partial charge on any atom is -0.377 e. The van der Waals surface area contributed by atoms with Crippen LogP contribution in [0.15, 0.2) is 12.4 Å². The number of hydrogen-bond acceptors (Lipinski definition) is 3. The van der Waals surface area contributed by atoms with Gasteiger partial charge in [-0.15, -0.1) is 12.4 Å². The molecule has 1 fully saturated rings. The van der Waals surface area contributed by atoms with Crippen molar-refractivity contribution in [3.05, 3.63) is 18.0 Å². The highest BCUT2D eigenvalue weighted by Gasteiger charge is 2.14. The van der Waals surface area contributed by atoms with E-state index in [0.29, 0.717) is 12.6 Å². The van der Waals surface area contributed by atoms with Crippen LogP contribution in [0.3, 0.4) is 0 Å². The maximum Gasteiger partial charge on any atom is 0.257 e. The number of halogens is 3. The van der Waals surface area contributed by atoms with Gasteiger partial charge in [-0.1, -0.05) is 0 Å². The van der Waals surface area contributed by atoms with Gasteiger partial charge in [-0.05, 0) is 12.8 Å². The third kappa shape index (κ3) is 4.88. The summed E-state index contributed by atoms with van der Waals surface area (Å²) in [5.74, 6) is 0. The van der Waals surface area contributed by atoms with Gasteiger partial charge in [-0.25, -0.2) is 8.78 Å². The van der Waals surface area contributed by atoms with Crippen LogP contribution < -0.4 is 5.32 Å². The largest absolute Gasteiger partial charge is 0.377 e. The summed E-state index contributed by atoms with van der Waals surface area (Å²) in [6, 6.07) is 0. The normalized spacial score (nSPS) is 19.2. The molecule has 1 aromatic heterocycles. The van der Waals surface area contributed by atoms with Gasteiger partial charge < -0.3 is 10.1 Å². The van der Waals surface area contributed by atoms with Gasteiger partial charge in [-0.2, -0.15) is 5.10 Å². The van der Waals surface area contributed by atoms with E-state index in [2.05, 4.69) is 10.4 Å². The van der Waals surface area contributed by atoms with Crippen LogP contribution in [-0.2, 0) is 17.8 Å². The zero-order chi connectivity index (χ0) is 12.1. The molecule has 1 N–H and O–H groups in total. The summed E-state index contributed by atoms with van der Waals surface area (Å²) in [7, 11) is 0. The summed E-state index contributed by atoms with van der Waals surface area (Å²) >= 11 is 0. The van der Waals surface area contributed by atoms with Crippen molar-refractivity contribution >= 4 is 12.4 Å². The Kier molecular flexibility index (Phi) is 6.52. The lowest BCUT2D eigenvalue weighted by molar-refractivity contribution is 0.110. The molecular formula is C11H18ClF2N3O. The first kappa shape index (κ1) is 15.3. The van der Waals surface area contributed by atoms with Crippen LogP contribution in [0, 0.1) is 0 Å². The maximum atomic E-state index is 12.1. The second-order valence-corrected chi connectivity index (χ2v) is 4.23. The summed E-state index contributed by atoms with van der Waals surface area (Å²) in [5, 5.41) is 7.12. The van der Waals surface area contributed by atoms with E-state index in [4.69, 9.17) is 4.74 Å². The monoisotopic (exact) mass is 281 g/mol. The molecule has 1 aliphatic heterocycles. The van der Waals surface area contributed by atoms with Crippen molar-refractivity contribution in [2.45, 2.75) is 38.5 Å². The van der Waals surface area contributed by atoms with E-state index >= 15 is 0 Å². The summed E-state index contributed by atoms with van der Waals surface area (Å²) in [4.78, 5) is 0. The Labute approximate surface area is 111 Å². The molecule has 2 heterocycles. The standard InChI is InChI=1S/C11H17F2N3O.ClH/c12-11(13)8-16-7-9(5-15-16)4-14-6-10-2-1-3-17-10;/h5,7,10-11,14H,1-4,6,8H2;1H. The summed E-state index contributed by atoms with van der Waals surface area (Å²) in [6.07, 6.45) is 3.42. The second kappa shape index (κ2) is 7.66. The van der Waals surface area contributed by atoms with Crippen molar-refractivity contribution in [2.24, 2.45) is 0 Å². The van der Waals surface area contributed by atoms with Crippen LogP contribution in [0.5, 0.6) is 0 Å². The van der Waals surface area contributed by atoms with Gasteiger partial charge >= 0.3 is 0 Å². The fourth-order valence-electron chi connectivity index (χ4n) is 1.92. The van der Waals surface area contributed by atoms with Crippen molar-refractivity contribution in [1.82, 2.24) is 15.1 Å². The average molecular weight is 282 g/mol. The molecule has 1 aromatic rings. The van der Waals surface area contributed by atoms with Crippen LogP contribution in [0.2, 0.25) is 0 Å². The van der Waals surface area contributed by atoms with Crippen LogP contribution >= 0.6 is 12.4 Å². The number of ether oxygens (including phenoxy) is 1. The maximum absolute atomic E-state index is 12.1. The topological polar surface area (TPSA) is 39.1 Å². The van der Waals surface area contributed by atoms with E-state index in [1.807, 2.05) is 0 Å². The van der Waals surface area contributed by atoms with Crippen molar-refractivity contribution in [3.63, 3.8) is 0 Å². The molecule has 0 aromatic carbocycles. The molecule has 7 heteroatoms. The summed E-state index contributed by atoms with van der Waals surface area (Å²) < 4.78 is 30.9. The number of nitrogens with zero attached hydrogens (tertiary/aromatic N) is 2. The summed E-state index contributed by atoms with van der Waals surface area (Å²) in [6.45, 7) is 1.95. The molecule has 18 heavy (non-hydrogen) atoms. The summed E-state index contributed by atoms with van der Waals surface area (Å²) in [5.41, 5.74) is 0.920. The quantitative estimate of drug-likeness (QED) is 0.865. The number of nitrogens with one attached hydrogen (secondary N) is 1. The lowest BCUT2D eigenvalue weighted by atomic mass is 10.2. The Morgan fingerprint density at radius 2 is 2.39 bits per heavy atom. The predicted molar refractivity (Wildman–Crippen MR) is 66.2 cm³/mol. The first-order valence-electron chi connectivity index (χ1n) is 5.86. The Bertz CT molecular complexity index is 343. The van der Waals surface area contributed by atoms with Gasteiger partial charge in [0.15, 0.2) is 0 Å². The van der Waals surface area contributed by atoms with Crippen molar-refractivity contribution in [3.8, 4) is 0 Å². The van der Waals surface area contributed by atoms with Gasteiger partial charge in [-0.3, -0.25) is 4.68 Å². The lowest BCUT2D eigenvalue weighted by Gasteiger charge is -2.09. The molecule has 2 rings (SSSR count). The molecule has 1 aliphatic rings. The number of alkyl halides is 2. The fraction of sp³-hybridized carbons (Fsp3) is 0.727. The Morgan fingerprint density at radius 3 is 3.06 bits per heavy atom. The average Bonchev–Trinajstić information content (AvgIpc) is 2.89. The fourth-order valence-corrected chi connectivity index (χ4v) is 1.92. The van der Waals surface area contributed by atoms with E-state index in [-0.39, 0.29) is 19.0 Å². The molecule has 1 saturated heterocycles. The SMILES string of the molecule is Cl.FC(F)Cn1cc(CNCC2CCCO2)cn1. The number of rotatable bonds is 6. The smallest absolute Gasteiger partial charge is 0.257 e. The highest BCUT2D eigenvalue weighted by atomic mass is 35.5. The molecule has 104 valence electrons. The van der Waals surface area contributed by atoms with E-state index < -0.39 is 6.43 Å². The Hall–Kier alpha value is -0.720. The third-order valence-electron chi connectivity index (χ3n) is 2.74. The Morgan fingerprint density at radius 1 is 1.56 bits per heavy atom.